The molecule has 6 nitrogen and oxygen atoms in total. The lowest BCUT2D eigenvalue weighted by Crippen LogP contribution is -2.20. The molecule has 3 rings (SSSR count). The van der Waals surface area contributed by atoms with Crippen LogP contribution in [0.25, 0.3) is 11.0 Å². The molecule has 0 spiro atoms. The van der Waals surface area contributed by atoms with Gasteiger partial charge in [0.05, 0.1) is 11.6 Å². The van der Waals surface area contributed by atoms with Crippen molar-refractivity contribution in [3.63, 3.8) is 0 Å². The second-order valence-corrected chi connectivity index (χ2v) is 6.27. The number of nitrogens with one attached hydrogen (secondary N) is 1. The number of hydrogen-bond donors (Lipinski definition) is 1. The summed E-state index contributed by atoms with van der Waals surface area (Å²) in [5.41, 5.74) is -0.888. The number of aromatic nitrogens is 4. The molecule has 0 saturated carbocycles. The van der Waals surface area contributed by atoms with E-state index in [0.29, 0.717) is 5.56 Å². The molecule has 2 heterocycles. The van der Waals surface area contributed by atoms with Crippen LogP contribution in [0.1, 0.15) is 36.2 Å². The van der Waals surface area contributed by atoms with Crippen molar-refractivity contribution in [1.82, 2.24) is 19.7 Å². The summed E-state index contributed by atoms with van der Waals surface area (Å²) in [5, 5.41) is 4.10. The number of hydrogen-bond acceptors (Lipinski definition) is 4. The number of alkyl halides is 3. The summed E-state index contributed by atoms with van der Waals surface area (Å²) in [5.74, 6) is -0.804. The standard InChI is InChI=1S/C17H17F4N5O/c1-8(9-4-5-10(14(20)21)11(19)6-9)26-15-13(12(7-18)24-26)16(27)23-17(22-15)25(2)3/h4-6,8,14H,7H2,1-3H3,(H,22,23,27)/t8-/m1/s1. The van der Waals surface area contributed by atoms with Crippen LogP contribution >= 0.6 is 0 Å². The summed E-state index contributed by atoms with van der Waals surface area (Å²) in [6.45, 7) is 0.643. The second-order valence-electron chi connectivity index (χ2n) is 6.27. The van der Waals surface area contributed by atoms with E-state index in [4.69, 9.17) is 0 Å². The van der Waals surface area contributed by atoms with Crippen molar-refractivity contribution in [2.75, 3.05) is 19.0 Å². The molecule has 144 valence electrons. The number of H-pyrrole nitrogens is 1. The summed E-state index contributed by atoms with van der Waals surface area (Å²) >= 11 is 0. The van der Waals surface area contributed by atoms with Gasteiger partial charge in [-0.1, -0.05) is 12.1 Å². The van der Waals surface area contributed by atoms with E-state index in [0.717, 1.165) is 12.1 Å². The number of benzene rings is 1. The molecule has 0 unspecified atom stereocenters. The Morgan fingerprint density at radius 1 is 1.30 bits per heavy atom. The maximum Gasteiger partial charge on any atom is 0.266 e. The highest BCUT2D eigenvalue weighted by Crippen LogP contribution is 2.28. The zero-order valence-corrected chi connectivity index (χ0v) is 14.8. The number of aromatic amines is 1. The third kappa shape index (κ3) is 3.26. The molecule has 0 aliphatic carbocycles. The molecule has 0 aliphatic heterocycles. The Morgan fingerprint density at radius 3 is 2.56 bits per heavy atom. The Morgan fingerprint density at radius 2 is 2.00 bits per heavy atom. The van der Waals surface area contributed by atoms with Gasteiger partial charge in [0.1, 0.15) is 23.6 Å². The summed E-state index contributed by atoms with van der Waals surface area (Å²) in [6, 6.07) is 2.66. The molecular formula is C17H17F4N5O. The first-order chi connectivity index (χ1) is 12.7. The minimum absolute atomic E-state index is 0.000350. The third-order valence-electron chi connectivity index (χ3n) is 4.28. The van der Waals surface area contributed by atoms with Gasteiger partial charge in [0.15, 0.2) is 5.65 Å². The minimum atomic E-state index is -2.93. The van der Waals surface area contributed by atoms with Gasteiger partial charge in [-0.3, -0.25) is 9.78 Å². The molecular weight excluding hydrogens is 366 g/mol. The maximum atomic E-state index is 13.9. The van der Waals surface area contributed by atoms with E-state index < -0.39 is 36.1 Å². The lowest BCUT2D eigenvalue weighted by Gasteiger charge is -2.16. The summed E-state index contributed by atoms with van der Waals surface area (Å²) in [6.07, 6.45) is -2.93. The van der Waals surface area contributed by atoms with E-state index in [1.165, 1.54) is 10.7 Å². The highest BCUT2D eigenvalue weighted by Gasteiger charge is 2.22. The first-order valence-electron chi connectivity index (χ1n) is 8.06. The average Bonchev–Trinajstić information content (AvgIpc) is 2.99. The Bertz CT molecular complexity index is 1040. The SMILES string of the molecule is C[C@H](c1ccc(C(F)F)c(F)c1)n1nc(CF)c2c(=O)[nH]c(N(C)C)nc21. The predicted octanol–water partition coefficient (Wildman–Crippen LogP) is 3.34. The zero-order valence-electron chi connectivity index (χ0n) is 14.8. The van der Waals surface area contributed by atoms with Crippen LogP contribution in [0.2, 0.25) is 0 Å². The fourth-order valence-corrected chi connectivity index (χ4v) is 2.80. The molecule has 0 saturated heterocycles. The molecule has 0 amide bonds. The van der Waals surface area contributed by atoms with Crippen molar-refractivity contribution >= 4 is 17.0 Å². The Labute approximate surface area is 151 Å². The van der Waals surface area contributed by atoms with Crippen LogP contribution in [-0.2, 0) is 6.67 Å². The third-order valence-corrected chi connectivity index (χ3v) is 4.28. The van der Waals surface area contributed by atoms with Crippen molar-refractivity contribution in [2.24, 2.45) is 0 Å². The van der Waals surface area contributed by atoms with Crippen molar-refractivity contribution in [2.45, 2.75) is 26.1 Å². The van der Waals surface area contributed by atoms with E-state index in [9.17, 15) is 22.4 Å². The smallest absolute Gasteiger partial charge is 0.266 e. The van der Waals surface area contributed by atoms with Gasteiger partial charge in [-0.05, 0) is 18.6 Å². The molecule has 10 heteroatoms. The van der Waals surface area contributed by atoms with Crippen LogP contribution in [-0.4, -0.2) is 33.8 Å². The number of anilines is 1. The molecule has 2 aromatic heterocycles. The van der Waals surface area contributed by atoms with E-state index in [2.05, 4.69) is 15.1 Å². The van der Waals surface area contributed by atoms with Crippen LogP contribution in [0.15, 0.2) is 23.0 Å². The van der Waals surface area contributed by atoms with Crippen LogP contribution in [0.3, 0.4) is 0 Å². The second kappa shape index (κ2) is 7.01. The number of halogens is 4. The van der Waals surface area contributed by atoms with Crippen LogP contribution in [0, 0.1) is 5.82 Å². The van der Waals surface area contributed by atoms with Gasteiger partial charge in [-0.25, -0.2) is 22.2 Å². The summed E-state index contributed by atoms with van der Waals surface area (Å²) in [4.78, 5) is 20.8. The van der Waals surface area contributed by atoms with Gasteiger partial charge in [-0.2, -0.15) is 10.1 Å². The fraction of sp³-hybridized carbons (Fsp3) is 0.353. The predicted molar refractivity (Wildman–Crippen MR) is 92.5 cm³/mol. The van der Waals surface area contributed by atoms with Gasteiger partial charge in [0.25, 0.3) is 12.0 Å². The van der Waals surface area contributed by atoms with Gasteiger partial charge in [0.2, 0.25) is 5.95 Å². The molecule has 0 radical (unpaired) electrons. The van der Waals surface area contributed by atoms with Crippen molar-refractivity contribution < 1.29 is 17.6 Å². The normalized spacial score (nSPS) is 12.7. The van der Waals surface area contributed by atoms with E-state index in [1.807, 2.05) is 0 Å². The number of rotatable bonds is 5. The largest absolute Gasteiger partial charge is 0.348 e. The molecule has 1 N–H and O–H groups in total. The number of fused-ring (bicyclic) bond motifs is 1. The fourth-order valence-electron chi connectivity index (χ4n) is 2.80. The lowest BCUT2D eigenvalue weighted by molar-refractivity contribution is 0.146. The Hall–Kier alpha value is -2.91. The maximum absolute atomic E-state index is 13.9. The monoisotopic (exact) mass is 383 g/mol. The van der Waals surface area contributed by atoms with E-state index in [-0.39, 0.29) is 22.7 Å². The van der Waals surface area contributed by atoms with Crippen molar-refractivity contribution in [1.29, 1.82) is 0 Å². The van der Waals surface area contributed by atoms with E-state index in [1.54, 1.807) is 25.9 Å². The number of nitrogens with zero attached hydrogens (tertiary/aromatic N) is 4. The van der Waals surface area contributed by atoms with Crippen LogP contribution in [0.5, 0.6) is 0 Å². The molecule has 1 atom stereocenters. The quantitative estimate of drug-likeness (QED) is 0.687. The topological polar surface area (TPSA) is 66.8 Å². The highest BCUT2D eigenvalue weighted by atomic mass is 19.3. The zero-order chi connectivity index (χ0) is 19.9. The first-order valence-corrected chi connectivity index (χ1v) is 8.06. The summed E-state index contributed by atoms with van der Waals surface area (Å²) < 4.78 is 54.1. The molecule has 0 fully saturated rings. The molecule has 1 aromatic carbocycles. The Kier molecular flexibility index (Phi) is 4.90. The van der Waals surface area contributed by atoms with Crippen LogP contribution < -0.4 is 10.5 Å². The molecule has 0 bridgehead atoms. The molecule has 27 heavy (non-hydrogen) atoms. The van der Waals surface area contributed by atoms with Crippen molar-refractivity contribution in [3.8, 4) is 0 Å². The minimum Gasteiger partial charge on any atom is -0.348 e. The van der Waals surface area contributed by atoms with Gasteiger partial charge in [0, 0.05) is 14.1 Å². The van der Waals surface area contributed by atoms with Gasteiger partial charge < -0.3 is 4.90 Å². The van der Waals surface area contributed by atoms with Gasteiger partial charge >= 0.3 is 0 Å². The molecule has 0 aliphatic rings. The lowest BCUT2D eigenvalue weighted by atomic mass is 10.1. The first kappa shape index (κ1) is 18.9. The molecule has 3 aromatic rings. The van der Waals surface area contributed by atoms with E-state index >= 15 is 0 Å². The van der Waals surface area contributed by atoms with Crippen molar-refractivity contribution in [3.05, 3.63) is 51.2 Å². The summed E-state index contributed by atoms with van der Waals surface area (Å²) in [7, 11) is 3.34. The highest BCUT2D eigenvalue weighted by molar-refractivity contribution is 5.78. The van der Waals surface area contributed by atoms with Gasteiger partial charge in [-0.15, -0.1) is 0 Å². The van der Waals surface area contributed by atoms with Crippen LogP contribution in [0.4, 0.5) is 23.5 Å². The average molecular weight is 383 g/mol. The Balaban J connectivity index is 2.18.